The molecular formula is C18H19NO4. The summed E-state index contributed by atoms with van der Waals surface area (Å²) in [6.45, 7) is 2.32. The summed E-state index contributed by atoms with van der Waals surface area (Å²) in [6.07, 6.45) is 0. The minimum Gasteiger partial charge on any atom is -0.496 e. The van der Waals surface area contributed by atoms with Crippen LogP contribution in [-0.4, -0.2) is 25.6 Å². The van der Waals surface area contributed by atoms with Crippen molar-refractivity contribution in [3.8, 4) is 5.75 Å². The van der Waals surface area contributed by atoms with E-state index in [1.54, 1.807) is 56.5 Å². The number of carbonyl (C=O) groups is 2. The zero-order valence-corrected chi connectivity index (χ0v) is 13.2. The quantitative estimate of drug-likeness (QED) is 0.833. The Morgan fingerprint density at radius 2 is 1.78 bits per heavy atom. The highest BCUT2D eigenvalue weighted by molar-refractivity contribution is 5.94. The minimum absolute atomic E-state index is 0.186. The second-order valence-electron chi connectivity index (χ2n) is 4.80. The largest absolute Gasteiger partial charge is 0.496 e. The molecule has 0 spiro atoms. The molecule has 5 nitrogen and oxygen atoms in total. The van der Waals surface area contributed by atoms with Crippen LogP contribution in [0, 0.1) is 0 Å². The van der Waals surface area contributed by atoms with Crippen molar-refractivity contribution in [1.29, 1.82) is 0 Å². The van der Waals surface area contributed by atoms with Crippen molar-refractivity contribution in [2.75, 3.05) is 13.7 Å². The van der Waals surface area contributed by atoms with Crippen molar-refractivity contribution < 1.29 is 19.1 Å². The first-order chi connectivity index (χ1) is 11.2. The predicted molar refractivity (Wildman–Crippen MR) is 86.6 cm³/mol. The molecule has 23 heavy (non-hydrogen) atoms. The zero-order chi connectivity index (χ0) is 16.7. The topological polar surface area (TPSA) is 64.6 Å². The number of nitrogens with one attached hydrogen (secondary N) is 1. The molecule has 2 aromatic carbocycles. The van der Waals surface area contributed by atoms with Crippen LogP contribution in [0.25, 0.3) is 0 Å². The number of esters is 1. The monoisotopic (exact) mass is 313 g/mol. The van der Waals surface area contributed by atoms with Gasteiger partial charge < -0.3 is 14.8 Å². The van der Waals surface area contributed by atoms with Crippen LogP contribution >= 0.6 is 0 Å². The SMILES string of the molecule is CCOC(=O)c1ccc(OC)c(CNC(=O)c2ccccc2)c1. The average Bonchev–Trinajstić information content (AvgIpc) is 2.60. The Kier molecular flexibility index (Phi) is 5.74. The first-order valence-corrected chi connectivity index (χ1v) is 7.33. The molecule has 0 aliphatic carbocycles. The fraction of sp³-hybridized carbons (Fsp3) is 0.222. The smallest absolute Gasteiger partial charge is 0.338 e. The zero-order valence-electron chi connectivity index (χ0n) is 13.2. The van der Waals surface area contributed by atoms with Crippen molar-refractivity contribution in [3.05, 3.63) is 65.2 Å². The maximum atomic E-state index is 12.1. The lowest BCUT2D eigenvalue weighted by Crippen LogP contribution is -2.23. The molecule has 2 rings (SSSR count). The summed E-state index contributed by atoms with van der Waals surface area (Å²) in [5, 5.41) is 2.82. The lowest BCUT2D eigenvalue weighted by atomic mass is 10.1. The normalized spacial score (nSPS) is 10.0. The van der Waals surface area contributed by atoms with Gasteiger partial charge in [-0.15, -0.1) is 0 Å². The number of hydrogen-bond donors (Lipinski definition) is 1. The number of amides is 1. The van der Waals surface area contributed by atoms with E-state index < -0.39 is 5.97 Å². The molecule has 0 saturated heterocycles. The summed E-state index contributed by atoms with van der Waals surface area (Å²) >= 11 is 0. The number of hydrogen-bond acceptors (Lipinski definition) is 4. The van der Waals surface area contributed by atoms with Gasteiger partial charge in [-0.1, -0.05) is 18.2 Å². The van der Waals surface area contributed by atoms with Crippen molar-refractivity contribution in [2.45, 2.75) is 13.5 Å². The number of methoxy groups -OCH3 is 1. The maximum absolute atomic E-state index is 12.1. The highest BCUT2D eigenvalue weighted by Gasteiger charge is 2.12. The number of rotatable bonds is 6. The molecule has 5 heteroatoms. The van der Waals surface area contributed by atoms with Gasteiger partial charge in [0.15, 0.2) is 0 Å². The van der Waals surface area contributed by atoms with Crippen LogP contribution in [-0.2, 0) is 11.3 Å². The van der Waals surface area contributed by atoms with E-state index in [0.29, 0.717) is 29.0 Å². The molecule has 1 N–H and O–H groups in total. The molecule has 0 aromatic heterocycles. The van der Waals surface area contributed by atoms with E-state index >= 15 is 0 Å². The number of carbonyl (C=O) groups excluding carboxylic acids is 2. The van der Waals surface area contributed by atoms with Crippen LogP contribution < -0.4 is 10.1 Å². The van der Waals surface area contributed by atoms with Gasteiger partial charge in [-0.3, -0.25) is 4.79 Å². The Morgan fingerprint density at radius 3 is 2.43 bits per heavy atom. The van der Waals surface area contributed by atoms with E-state index in [1.807, 2.05) is 6.07 Å². The van der Waals surface area contributed by atoms with Gasteiger partial charge in [0.1, 0.15) is 5.75 Å². The third-order valence-corrected chi connectivity index (χ3v) is 3.27. The summed E-state index contributed by atoms with van der Waals surface area (Å²) in [6, 6.07) is 13.9. The second kappa shape index (κ2) is 7.98. The molecule has 0 bridgehead atoms. The number of ether oxygens (including phenoxy) is 2. The van der Waals surface area contributed by atoms with Crippen LogP contribution in [0.5, 0.6) is 5.75 Å². The van der Waals surface area contributed by atoms with Crippen molar-refractivity contribution in [1.82, 2.24) is 5.32 Å². The van der Waals surface area contributed by atoms with Crippen LogP contribution in [0.4, 0.5) is 0 Å². The van der Waals surface area contributed by atoms with E-state index in [0.717, 1.165) is 0 Å². The van der Waals surface area contributed by atoms with E-state index in [9.17, 15) is 9.59 Å². The molecule has 0 unspecified atom stereocenters. The molecule has 120 valence electrons. The summed E-state index contributed by atoms with van der Waals surface area (Å²) < 4.78 is 10.3. The van der Waals surface area contributed by atoms with Gasteiger partial charge in [-0.2, -0.15) is 0 Å². The fourth-order valence-corrected chi connectivity index (χ4v) is 2.13. The highest BCUT2D eigenvalue weighted by Crippen LogP contribution is 2.20. The molecule has 0 saturated carbocycles. The van der Waals surface area contributed by atoms with Crippen molar-refractivity contribution in [2.24, 2.45) is 0 Å². The van der Waals surface area contributed by atoms with E-state index in [4.69, 9.17) is 9.47 Å². The van der Waals surface area contributed by atoms with Gasteiger partial charge in [-0.05, 0) is 37.3 Å². The fourth-order valence-electron chi connectivity index (χ4n) is 2.13. The van der Waals surface area contributed by atoms with E-state index in [-0.39, 0.29) is 12.5 Å². The lowest BCUT2D eigenvalue weighted by Gasteiger charge is -2.11. The van der Waals surface area contributed by atoms with Gasteiger partial charge in [0, 0.05) is 17.7 Å². The summed E-state index contributed by atoms with van der Waals surface area (Å²) in [5.41, 5.74) is 1.71. The third kappa shape index (κ3) is 4.32. The predicted octanol–water partition coefficient (Wildman–Crippen LogP) is 2.80. The minimum atomic E-state index is -0.397. The molecule has 0 aliphatic heterocycles. The Bertz CT molecular complexity index is 683. The lowest BCUT2D eigenvalue weighted by molar-refractivity contribution is 0.0526. The van der Waals surface area contributed by atoms with E-state index in [2.05, 4.69) is 5.32 Å². The van der Waals surface area contributed by atoms with Gasteiger partial charge in [0.2, 0.25) is 0 Å². The maximum Gasteiger partial charge on any atom is 0.338 e. The van der Waals surface area contributed by atoms with Crippen LogP contribution in [0.15, 0.2) is 48.5 Å². The van der Waals surface area contributed by atoms with Crippen molar-refractivity contribution >= 4 is 11.9 Å². The molecule has 0 aliphatic rings. The molecule has 2 aromatic rings. The van der Waals surface area contributed by atoms with Gasteiger partial charge >= 0.3 is 5.97 Å². The van der Waals surface area contributed by atoms with Gasteiger partial charge in [-0.25, -0.2) is 4.79 Å². The molecule has 1 amide bonds. The number of benzene rings is 2. The van der Waals surface area contributed by atoms with Crippen LogP contribution in [0.3, 0.4) is 0 Å². The standard InChI is InChI=1S/C18H19NO4/c1-3-23-18(21)14-9-10-16(22-2)15(11-14)12-19-17(20)13-7-5-4-6-8-13/h4-11H,3,12H2,1-2H3,(H,19,20). The molecule has 0 atom stereocenters. The Labute approximate surface area is 135 Å². The van der Waals surface area contributed by atoms with Crippen LogP contribution in [0.1, 0.15) is 33.2 Å². The Balaban J connectivity index is 2.13. The highest BCUT2D eigenvalue weighted by atomic mass is 16.5. The third-order valence-electron chi connectivity index (χ3n) is 3.27. The van der Waals surface area contributed by atoms with Gasteiger partial charge in [0.25, 0.3) is 5.91 Å². The second-order valence-corrected chi connectivity index (χ2v) is 4.80. The molecule has 0 radical (unpaired) electrons. The van der Waals surface area contributed by atoms with Crippen LogP contribution in [0.2, 0.25) is 0 Å². The first-order valence-electron chi connectivity index (χ1n) is 7.33. The molecular weight excluding hydrogens is 294 g/mol. The van der Waals surface area contributed by atoms with E-state index in [1.165, 1.54) is 0 Å². The first kappa shape index (κ1) is 16.5. The Morgan fingerprint density at radius 1 is 1.04 bits per heavy atom. The average molecular weight is 313 g/mol. The Hall–Kier alpha value is -2.82. The summed E-state index contributed by atoms with van der Waals surface area (Å²) in [7, 11) is 1.54. The summed E-state index contributed by atoms with van der Waals surface area (Å²) in [5.74, 6) is 0.0198. The van der Waals surface area contributed by atoms with Gasteiger partial charge in [0.05, 0.1) is 19.3 Å². The summed E-state index contributed by atoms with van der Waals surface area (Å²) in [4.78, 5) is 23.9. The molecule has 0 fully saturated rings. The van der Waals surface area contributed by atoms with Crippen molar-refractivity contribution in [3.63, 3.8) is 0 Å². The molecule has 0 heterocycles.